The average molecular weight is 499 g/mol. The zero-order chi connectivity index (χ0) is 26.4. The summed E-state index contributed by atoms with van der Waals surface area (Å²) in [6.07, 6.45) is 6.77. The molecule has 0 aliphatic carbocycles. The summed E-state index contributed by atoms with van der Waals surface area (Å²) >= 11 is 0. The van der Waals surface area contributed by atoms with Gasteiger partial charge in [0.1, 0.15) is 34.1 Å². The Balaban J connectivity index is 1.71. The van der Waals surface area contributed by atoms with Gasteiger partial charge in [-0.3, -0.25) is 4.79 Å². The van der Waals surface area contributed by atoms with Crippen molar-refractivity contribution < 1.29 is 28.2 Å². The molecule has 0 aliphatic rings. The van der Waals surface area contributed by atoms with Crippen molar-refractivity contribution in [3.63, 3.8) is 0 Å². The Bertz CT molecular complexity index is 1540. The predicted molar refractivity (Wildman–Crippen MR) is 144 cm³/mol. The van der Waals surface area contributed by atoms with Crippen LogP contribution in [-0.2, 0) is 0 Å². The van der Waals surface area contributed by atoms with Gasteiger partial charge in [0.05, 0.1) is 28.4 Å². The number of carbonyl (C=O) groups excluding carboxylic acids is 1. The van der Waals surface area contributed by atoms with E-state index < -0.39 is 11.4 Å². The van der Waals surface area contributed by atoms with E-state index in [0.717, 1.165) is 16.9 Å². The van der Waals surface area contributed by atoms with Crippen LogP contribution in [0.2, 0.25) is 0 Å². The number of hydrogen-bond acceptors (Lipinski definition) is 7. The fourth-order valence-corrected chi connectivity index (χ4v) is 3.77. The Morgan fingerprint density at radius 3 is 2.11 bits per heavy atom. The first-order valence-corrected chi connectivity index (χ1v) is 11.4. The van der Waals surface area contributed by atoms with Crippen LogP contribution >= 0.6 is 0 Å². The van der Waals surface area contributed by atoms with Crippen molar-refractivity contribution in [3.8, 4) is 23.0 Å². The third-order valence-corrected chi connectivity index (χ3v) is 5.78. The largest absolute Gasteiger partial charge is 0.497 e. The summed E-state index contributed by atoms with van der Waals surface area (Å²) in [4.78, 5) is 25.5. The molecule has 7 nitrogen and oxygen atoms in total. The Morgan fingerprint density at radius 2 is 1.43 bits per heavy atom. The van der Waals surface area contributed by atoms with Gasteiger partial charge >= 0.3 is 5.63 Å². The van der Waals surface area contributed by atoms with E-state index in [1.165, 1.54) is 26.4 Å². The third-order valence-electron chi connectivity index (χ3n) is 5.78. The summed E-state index contributed by atoms with van der Waals surface area (Å²) in [7, 11) is 6.26. The number of allylic oxidation sites excluding steroid dienone is 1. The maximum atomic E-state index is 13.0. The topological polar surface area (TPSA) is 84.2 Å². The van der Waals surface area contributed by atoms with E-state index >= 15 is 0 Å². The van der Waals surface area contributed by atoms with Crippen LogP contribution in [0.3, 0.4) is 0 Å². The van der Waals surface area contributed by atoms with E-state index in [2.05, 4.69) is 0 Å². The summed E-state index contributed by atoms with van der Waals surface area (Å²) in [5.41, 5.74) is 1.93. The van der Waals surface area contributed by atoms with Gasteiger partial charge < -0.3 is 23.4 Å². The first-order chi connectivity index (χ1) is 17.9. The highest BCUT2D eigenvalue weighted by molar-refractivity contribution is 6.08. The van der Waals surface area contributed by atoms with Gasteiger partial charge in [0.2, 0.25) is 0 Å². The minimum absolute atomic E-state index is 0.0835. The van der Waals surface area contributed by atoms with Gasteiger partial charge in [-0.1, -0.05) is 24.3 Å². The number of carbonyl (C=O) groups is 1. The van der Waals surface area contributed by atoms with Gasteiger partial charge in [-0.15, -0.1) is 0 Å². The van der Waals surface area contributed by atoms with E-state index in [9.17, 15) is 9.59 Å². The van der Waals surface area contributed by atoms with Gasteiger partial charge in [-0.25, -0.2) is 4.79 Å². The van der Waals surface area contributed by atoms with Crippen molar-refractivity contribution >= 4 is 35.0 Å². The van der Waals surface area contributed by atoms with Gasteiger partial charge in [-0.05, 0) is 65.7 Å². The van der Waals surface area contributed by atoms with Crippen LogP contribution in [0.4, 0.5) is 0 Å². The van der Waals surface area contributed by atoms with Crippen molar-refractivity contribution in [2.75, 3.05) is 28.4 Å². The van der Waals surface area contributed by atoms with Gasteiger partial charge in [-0.2, -0.15) is 0 Å². The van der Waals surface area contributed by atoms with Crippen LogP contribution in [0.5, 0.6) is 23.0 Å². The molecule has 0 saturated heterocycles. The molecule has 188 valence electrons. The number of ketones is 1. The summed E-state index contributed by atoms with van der Waals surface area (Å²) in [6, 6.07) is 17.7. The van der Waals surface area contributed by atoms with E-state index in [4.69, 9.17) is 23.4 Å². The second-order valence-electron chi connectivity index (χ2n) is 7.99. The summed E-state index contributed by atoms with van der Waals surface area (Å²) < 4.78 is 26.8. The van der Waals surface area contributed by atoms with Crippen molar-refractivity contribution in [2.45, 2.75) is 0 Å². The van der Waals surface area contributed by atoms with Gasteiger partial charge in [0.15, 0.2) is 5.78 Å². The number of benzene rings is 3. The van der Waals surface area contributed by atoms with E-state index in [1.807, 2.05) is 42.5 Å². The van der Waals surface area contributed by atoms with Crippen LogP contribution in [0.1, 0.15) is 27.0 Å². The standard InChI is InChI=1S/C30H26O7/c1-33-22-9-6-19(7-10-22)5-8-20-15-24(35-3)18-29(36-4)25(20)12-13-27(31)26-17-21-16-23(34-2)11-14-28(21)37-30(26)32/h5-18H,1-4H3/b8-5?,13-12+. The maximum absolute atomic E-state index is 13.0. The molecular weight excluding hydrogens is 472 g/mol. The molecule has 3 aromatic carbocycles. The highest BCUT2D eigenvalue weighted by atomic mass is 16.5. The van der Waals surface area contributed by atoms with Gasteiger partial charge in [0.25, 0.3) is 0 Å². The molecule has 1 aromatic heterocycles. The van der Waals surface area contributed by atoms with Crippen molar-refractivity contribution in [2.24, 2.45) is 0 Å². The second kappa shape index (κ2) is 11.3. The highest BCUT2D eigenvalue weighted by Gasteiger charge is 2.14. The molecule has 0 unspecified atom stereocenters. The Morgan fingerprint density at radius 1 is 0.730 bits per heavy atom. The Labute approximate surface area is 214 Å². The SMILES string of the molecule is COc1ccc(C=Cc2cc(OC)cc(OC)c2/C=C/C(=O)c2cc3cc(OC)ccc3oc2=O)cc1. The molecule has 0 radical (unpaired) electrons. The summed E-state index contributed by atoms with van der Waals surface area (Å²) in [5.74, 6) is 1.96. The number of ether oxygens (including phenoxy) is 4. The Hall–Kier alpha value is -4.78. The lowest BCUT2D eigenvalue weighted by atomic mass is 10.0. The zero-order valence-electron chi connectivity index (χ0n) is 20.9. The number of hydrogen-bond donors (Lipinski definition) is 0. The summed E-state index contributed by atoms with van der Waals surface area (Å²) in [5, 5.41) is 0.584. The molecule has 0 amide bonds. The lowest BCUT2D eigenvalue weighted by molar-refractivity contribution is 0.104. The molecule has 7 heteroatoms. The molecule has 0 aliphatic heterocycles. The third kappa shape index (κ3) is 5.73. The first-order valence-electron chi connectivity index (χ1n) is 11.4. The van der Waals surface area contributed by atoms with E-state index in [-0.39, 0.29) is 5.56 Å². The smallest absolute Gasteiger partial charge is 0.347 e. The quantitative estimate of drug-likeness (QED) is 0.123. The van der Waals surface area contributed by atoms with Crippen LogP contribution in [0.15, 0.2) is 76.0 Å². The van der Waals surface area contributed by atoms with Gasteiger partial charge in [0, 0.05) is 17.0 Å². The molecule has 0 bridgehead atoms. The van der Waals surface area contributed by atoms with Crippen molar-refractivity contribution in [1.82, 2.24) is 0 Å². The normalized spacial score (nSPS) is 11.2. The molecule has 37 heavy (non-hydrogen) atoms. The second-order valence-corrected chi connectivity index (χ2v) is 7.99. The Kier molecular flexibility index (Phi) is 7.74. The molecule has 4 rings (SSSR count). The lowest BCUT2D eigenvalue weighted by Crippen LogP contribution is -2.12. The van der Waals surface area contributed by atoms with Crippen LogP contribution < -0.4 is 24.6 Å². The number of fused-ring (bicyclic) bond motifs is 1. The average Bonchev–Trinajstić information content (AvgIpc) is 2.94. The van der Waals surface area contributed by atoms with Crippen LogP contribution in [-0.4, -0.2) is 34.2 Å². The van der Waals surface area contributed by atoms with Crippen molar-refractivity contribution in [1.29, 1.82) is 0 Å². The van der Waals surface area contributed by atoms with Crippen molar-refractivity contribution in [3.05, 3.63) is 99.4 Å². The first kappa shape index (κ1) is 25.3. The molecular formula is C30H26O7. The number of methoxy groups -OCH3 is 4. The highest BCUT2D eigenvalue weighted by Crippen LogP contribution is 2.32. The van der Waals surface area contributed by atoms with E-state index in [0.29, 0.717) is 33.8 Å². The number of rotatable bonds is 9. The van der Waals surface area contributed by atoms with Crippen LogP contribution in [0, 0.1) is 0 Å². The monoisotopic (exact) mass is 498 g/mol. The summed E-state index contributed by atoms with van der Waals surface area (Å²) in [6.45, 7) is 0. The van der Waals surface area contributed by atoms with Crippen LogP contribution in [0.25, 0.3) is 29.2 Å². The molecule has 0 spiro atoms. The molecule has 0 N–H and O–H groups in total. The molecule has 0 atom stereocenters. The predicted octanol–water partition coefficient (Wildman–Crippen LogP) is 5.89. The molecule has 0 saturated carbocycles. The fourth-order valence-electron chi connectivity index (χ4n) is 3.77. The van der Waals surface area contributed by atoms with E-state index in [1.54, 1.807) is 44.6 Å². The molecule has 4 aromatic rings. The molecule has 1 heterocycles. The fraction of sp³-hybridized carbons (Fsp3) is 0.133. The minimum Gasteiger partial charge on any atom is -0.497 e. The zero-order valence-corrected chi connectivity index (χ0v) is 20.9. The minimum atomic E-state index is -0.714. The maximum Gasteiger partial charge on any atom is 0.347 e. The molecule has 0 fully saturated rings. The lowest BCUT2D eigenvalue weighted by Gasteiger charge is -2.11.